The summed E-state index contributed by atoms with van der Waals surface area (Å²) in [4.78, 5) is 12.4. The molecule has 1 aromatic rings. The Labute approximate surface area is 120 Å². The third-order valence-corrected chi connectivity index (χ3v) is 3.51. The first kappa shape index (κ1) is 15.8. The van der Waals surface area contributed by atoms with Crippen LogP contribution in [0.15, 0.2) is 18.2 Å². The number of hydrogen-bond donors (Lipinski definition) is 1. The molecule has 0 amide bonds. The maximum atomic E-state index is 13.2. The summed E-state index contributed by atoms with van der Waals surface area (Å²) in [5.74, 6) is -1.67. The average molecular weight is 302 g/mol. The van der Waals surface area contributed by atoms with Crippen molar-refractivity contribution in [3.8, 4) is 5.75 Å². The van der Waals surface area contributed by atoms with Gasteiger partial charge >= 0.3 is 6.18 Å². The number of carbonyl (C=O) groups excluding carboxylic acids is 1. The summed E-state index contributed by atoms with van der Waals surface area (Å²) in [6.07, 6.45) is -5.17. The summed E-state index contributed by atoms with van der Waals surface area (Å²) in [6.45, 7) is 3.38. The number of hydrogen-bond acceptors (Lipinski definition) is 3. The highest BCUT2D eigenvalue weighted by Gasteiger charge is 2.59. The Kier molecular flexibility index (Phi) is 4.02. The molecule has 0 aliphatic carbocycles. The molecule has 1 atom stereocenters. The van der Waals surface area contributed by atoms with Crippen molar-refractivity contribution in [3.05, 3.63) is 29.3 Å². The highest BCUT2D eigenvalue weighted by Crippen LogP contribution is 2.41. The van der Waals surface area contributed by atoms with E-state index in [2.05, 4.69) is 0 Å². The van der Waals surface area contributed by atoms with Crippen LogP contribution in [0.3, 0.4) is 0 Å². The molecule has 1 aromatic carbocycles. The molecule has 3 nitrogen and oxygen atoms in total. The maximum absolute atomic E-state index is 13.2. The Balaban J connectivity index is 2.47. The van der Waals surface area contributed by atoms with Crippen molar-refractivity contribution in [2.24, 2.45) is 5.92 Å². The summed E-state index contributed by atoms with van der Waals surface area (Å²) in [7, 11) is 0. The predicted molar refractivity (Wildman–Crippen MR) is 70.4 cm³/mol. The molecule has 0 saturated heterocycles. The highest BCUT2D eigenvalue weighted by atomic mass is 19.4. The Hall–Kier alpha value is -1.56. The van der Waals surface area contributed by atoms with Crippen LogP contribution in [0.2, 0.25) is 0 Å². The van der Waals surface area contributed by atoms with Gasteiger partial charge in [-0.3, -0.25) is 4.79 Å². The van der Waals surface area contributed by atoms with Gasteiger partial charge in [-0.15, -0.1) is 0 Å². The Bertz CT molecular complexity index is 552. The van der Waals surface area contributed by atoms with Gasteiger partial charge in [-0.2, -0.15) is 13.2 Å². The first-order valence-corrected chi connectivity index (χ1v) is 6.75. The van der Waals surface area contributed by atoms with E-state index in [0.29, 0.717) is 18.6 Å². The van der Waals surface area contributed by atoms with Crippen LogP contribution in [0.25, 0.3) is 0 Å². The Morgan fingerprint density at radius 2 is 2.05 bits per heavy atom. The van der Waals surface area contributed by atoms with Crippen molar-refractivity contribution in [2.45, 2.75) is 38.5 Å². The number of alkyl halides is 3. The summed E-state index contributed by atoms with van der Waals surface area (Å²) in [5.41, 5.74) is -2.90. The molecule has 116 valence electrons. The molecule has 6 heteroatoms. The Morgan fingerprint density at radius 1 is 1.38 bits per heavy atom. The molecule has 0 fully saturated rings. The van der Waals surface area contributed by atoms with Gasteiger partial charge in [0.15, 0.2) is 0 Å². The van der Waals surface area contributed by atoms with Crippen LogP contribution >= 0.6 is 0 Å². The zero-order valence-corrected chi connectivity index (χ0v) is 11.8. The molecular weight excluding hydrogens is 285 g/mol. The van der Waals surface area contributed by atoms with Gasteiger partial charge in [0.1, 0.15) is 5.75 Å². The third-order valence-electron chi connectivity index (χ3n) is 3.51. The molecule has 0 aromatic heterocycles. The number of aliphatic hydroxyl groups is 1. The minimum atomic E-state index is -5.03. The molecule has 1 heterocycles. The van der Waals surface area contributed by atoms with Gasteiger partial charge < -0.3 is 9.84 Å². The number of rotatable bonds is 4. The standard InChI is InChI=1S/C15H17F3O3/c1-9(2)8-14(20,15(16,17)18)13(19)11-5-3-4-10-6-7-21-12(10)11/h3-5,9,20H,6-8H2,1-2H3. The van der Waals surface area contributed by atoms with Gasteiger partial charge in [-0.1, -0.05) is 26.0 Å². The van der Waals surface area contributed by atoms with Gasteiger partial charge in [-0.25, -0.2) is 0 Å². The monoisotopic (exact) mass is 302 g/mol. The maximum Gasteiger partial charge on any atom is 0.424 e. The van der Waals surface area contributed by atoms with E-state index in [1.165, 1.54) is 26.0 Å². The second-order valence-corrected chi connectivity index (χ2v) is 5.68. The molecular formula is C15H17F3O3. The highest BCUT2D eigenvalue weighted by molar-refractivity contribution is 6.05. The summed E-state index contributed by atoms with van der Waals surface area (Å²) in [6, 6.07) is 4.48. The lowest BCUT2D eigenvalue weighted by atomic mass is 9.84. The summed E-state index contributed by atoms with van der Waals surface area (Å²) in [5, 5.41) is 10.0. The van der Waals surface area contributed by atoms with Crippen LogP contribution in [0.4, 0.5) is 13.2 Å². The van der Waals surface area contributed by atoms with Crippen LogP contribution in [-0.4, -0.2) is 29.3 Å². The molecule has 0 radical (unpaired) electrons. The van der Waals surface area contributed by atoms with E-state index in [-0.39, 0.29) is 11.3 Å². The molecule has 1 N–H and O–H groups in total. The first-order chi connectivity index (χ1) is 9.67. The van der Waals surface area contributed by atoms with Gasteiger partial charge in [0.25, 0.3) is 0 Å². The quantitative estimate of drug-likeness (QED) is 0.869. The van der Waals surface area contributed by atoms with Crippen molar-refractivity contribution in [2.75, 3.05) is 6.61 Å². The molecule has 0 bridgehead atoms. The Morgan fingerprint density at radius 3 is 2.62 bits per heavy atom. The van der Waals surface area contributed by atoms with Gasteiger partial charge in [0.05, 0.1) is 12.2 Å². The van der Waals surface area contributed by atoms with Gasteiger partial charge in [-0.05, 0) is 24.0 Å². The number of fused-ring (bicyclic) bond motifs is 1. The fourth-order valence-corrected chi connectivity index (χ4v) is 2.54. The SMILES string of the molecule is CC(C)CC(O)(C(=O)c1cccc2c1OCC2)C(F)(F)F. The smallest absolute Gasteiger partial charge is 0.424 e. The van der Waals surface area contributed by atoms with E-state index in [9.17, 15) is 23.1 Å². The lowest BCUT2D eigenvalue weighted by Crippen LogP contribution is -2.53. The molecule has 0 spiro atoms. The molecule has 2 rings (SSSR count). The van der Waals surface area contributed by atoms with Crippen LogP contribution in [0.1, 0.15) is 36.2 Å². The molecule has 1 unspecified atom stereocenters. The van der Waals surface area contributed by atoms with Crippen molar-refractivity contribution in [1.82, 2.24) is 0 Å². The van der Waals surface area contributed by atoms with E-state index >= 15 is 0 Å². The number of benzene rings is 1. The fourth-order valence-electron chi connectivity index (χ4n) is 2.54. The van der Waals surface area contributed by atoms with Crippen molar-refractivity contribution < 1.29 is 27.8 Å². The largest absolute Gasteiger partial charge is 0.492 e. The molecule has 1 aliphatic rings. The van der Waals surface area contributed by atoms with Gasteiger partial charge in [0, 0.05) is 6.42 Å². The van der Waals surface area contributed by atoms with E-state index in [1.54, 1.807) is 6.07 Å². The second kappa shape index (κ2) is 5.33. The van der Waals surface area contributed by atoms with Crippen LogP contribution in [-0.2, 0) is 6.42 Å². The number of para-hydroxylation sites is 1. The van der Waals surface area contributed by atoms with Crippen molar-refractivity contribution in [3.63, 3.8) is 0 Å². The minimum Gasteiger partial charge on any atom is -0.492 e. The van der Waals surface area contributed by atoms with Crippen molar-refractivity contribution >= 4 is 5.78 Å². The van der Waals surface area contributed by atoms with Crippen LogP contribution < -0.4 is 4.74 Å². The zero-order chi connectivity index (χ0) is 15.8. The number of halogens is 3. The van der Waals surface area contributed by atoms with Crippen LogP contribution in [0, 0.1) is 5.92 Å². The average Bonchev–Trinajstić information content (AvgIpc) is 2.83. The number of ether oxygens (including phenoxy) is 1. The summed E-state index contributed by atoms with van der Waals surface area (Å²) < 4.78 is 45.0. The summed E-state index contributed by atoms with van der Waals surface area (Å²) >= 11 is 0. The van der Waals surface area contributed by atoms with E-state index in [0.717, 1.165) is 0 Å². The lowest BCUT2D eigenvalue weighted by Gasteiger charge is -2.31. The fraction of sp³-hybridized carbons (Fsp3) is 0.533. The lowest BCUT2D eigenvalue weighted by molar-refractivity contribution is -0.241. The molecule has 1 aliphatic heterocycles. The van der Waals surface area contributed by atoms with Crippen molar-refractivity contribution in [1.29, 1.82) is 0 Å². The topological polar surface area (TPSA) is 46.5 Å². The van der Waals surface area contributed by atoms with E-state index in [4.69, 9.17) is 4.74 Å². The number of carbonyl (C=O) groups is 1. The van der Waals surface area contributed by atoms with Crippen LogP contribution in [0.5, 0.6) is 5.75 Å². The molecule has 21 heavy (non-hydrogen) atoms. The first-order valence-electron chi connectivity index (χ1n) is 6.75. The minimum absolute atomic E-state index is 0.161. The van der Waals surface area contributed by atoms with E-state index in [1.807, 2.05) is 0 Å². The molecule has 0 saturated carbocycles. The predicted octanol–water partition coefficient (Wildman–Crippen LogP) is 3.14. The number of Topliss-reactive ketones (excluding diaryl/α,β-unsaturated/α-hetero) is 1. The van der Waals surface area contributed by atoms with Gasteiger partial charge in [0.2, 0.25) is 11.4 Å². The second-order valence-electron chi connectivity index (χ2n) is 5.68. The normalized spacial score (nSPS) is 17.3. The number of ketones is 1. The zero-order valence-electron chi connectivity index (χ0n) is 11.8. The van der Waals surface area contributed by atoms with E-state index < -0.39 is 29.9 Å². The third kappa shape index (κ3) is 2.77.